The summed E-state index contributed by atoms with van der Waals surface area (Å²) in [4.78, 5) is 0. The highest BCUT2D eigenvalue weighted by molar-refractivity contribution is 6.99. The van der Waals surface area contributed by atoms with Gasteiger partial charge in [-0.2, -0.15) is 8.75 Å². The molecule has 0 aliphatic carbocycles. The Morgan fingerprint density at radius 2 is 2.38 bits per heavy atom. The van der Waals surface area contributed by atoms with Gasteiger partial charge in [-0.05, 0) is 12.3 Å². The summed E-state index contributed by atoms with van der Waals surface area (Å²) in [6.45, 7) is 3.02. The van der Waals surface area contributed by atoms with Crippen LogP contribution in [0.4, 0.5) is 5.82 Å². The summed E-state index contributed by atoms with van der Waals surface area (Å²) < 4.78 is 7.80. The number of hydrogen-bond donors (Lipinski definition) is 2. The highest BCUT2D eigenvalue weighted by atomic mass is 35.5. The van der Waals surface area contributed by atoms with Crippen LogP contribution in [-0.4, -0.2) is 27.0 Å². The molecule has 74 valence electrons. The molecule has 13 heavy (non-hydrogen) atoms. The van der Waals surface area contributed by atoms with Gasteiger partial charge in [0.2, 0.25) is 0 Å². The minimum absolute atomic E-state index is 0.214. The van der Waals surface area contributed by atoms with Crippen LogP contribution in [0.3, 0.4) is 0 Å². The molecule has 4 nitrogen and oxygen atoms in total. The maximum Gasteiger partial charge on any atom is 0.186 e. The summed E-state index contributed by atoms with van der Waals surface area (Å²) in [5.41, 5.74) is 0. The lowest BCUT2D eigenvalue weighted by atomic mass is 10.1. The van der Waals surface area contributed by atoms with E-state index in [1.165, 1.54) is 0 Å². The minimum atomic E-state index is 0.214. The zero-order valence-corrected chi connectivity index (χ0v) is 8.90. The fourth-order valence-electron chi connectivity index (χ4n) is 0.877. The topological polar surface area (TPSA) is 58.0 Å². The fourth-order valence-corrected chi connectivity index (χ4v) is 1.56. The van der Waals surface area contributed by atoms with Crippen LogP contribution >= 0.6 is 23.3 Å². The Labute approximate surface area is 86.3 Å². The number of rotatable bonds is 5. The Bertz CT molecular complexity index is 256. The van der Waals surface area contributed by atoms with E-state index in [1.807, 2.05) is 0 Å². The van der Waals surface area contributed by atoms with E-state index in [0.29, 0.717) is 16.9 Å². The predicted molar refractivity (Wildman–Crippen MR) is 54.3 cm³/mol. The smallest absolute Gasteiger partial charge is 0.186 e. The lowest BCUT2D eigenvalue weighted by Gasteiger charge is -2.09. The van der Waals surface area contributed by atoms with Crippen molar-refractivity contribution in [3.63, 3.8) is 0 Å². The van der Waals surface area contributed by atoms with Crippen molar-refractivity contribution in [2.24, 2.45) is 5.92 Å². The summed E-state index contributed by atoms with van der Waals surface area (Å²) in [6, 6.07) is 0. The molecule has 0 radical (unpaired) electrons. The molecule has 1 heterocycles. The molecule has 1 rings (SSSR count). The number of anilines is 1. The van der Waals surface area contributed by atoms with Gasteiger partial charge in [-0.1, -0.05) is 18.5 Å². The van der Waals surface area contributed by atoms with Crippen molar-refractivity contribution in [2.45, 2.75) is 13.3 Å². The van der Waals surface area contributed by atoms with Gasteiger partial charge in [-0.15, -0.1) is 0 Å². The van der Waals surface area contributed by atoms with Crippen LogP contribution < -0.4 is 5.32 Å². The van der Waals surface area contributed by atoms with Crippen molar-refractivity contribution >= 4 is 29.1 Å². The normalized spacial score (nSPS) is 12.8. The van der Waals surface area contributed by atoms with Crippen molar-refractivity contribution in [3.05, 3.63) is 5.15 Å². The molecule has 0 amide bonds. The van der Waals surface area contributed by atoms with E-state index < -0.39 is 0 Å². The van der Waals surface area contributed by atoms with E-state index in [1.54, 1.807) is 0 Å². The molecular formula is C7H12ClN3OS. The SMILES string of the molecule is CC(CCO)CNc1nsnc1Cl. The second-order valence-corrected chi connectivity index (χ2v) is 3.79. The van der Waals surface area contributed by atoms with Crippen LogP contribution in [0.25, 0.3) is 0 Å². The van der Waals surface area contributed by atoms with Crippen molar-refractivity contribution in [1.29, 1.82) is 0 Å². The Hall–Kier alpha value is -0.390. The summed E-state index contributed by atoms with van der Waals surface area (Å²) in [5.74, 6) is 1.04. The lowest BCUT2D eigenvalue weighted by Crippen LogP contribution is -2.12. The van der Waals surface area contributed by atoms with E-state index >= 15 is 0 Å². The average molecular weight is 222 g/mol. The number of nitrogens with zero attached hydrogens (tertiary/aromatic N) is 2. The molecule has 0 saturated carbocycles. The first kappa shape index (κ1) is 10.7. The maximum absolute atomic E-state index is 8.67. The number of aliphatic hydroxyl groups excluding tert-OH is 1. The van der Waals surface area contributed by atoms with Gasteiger partial charge in [-0.3, -0.25) is 0 Å². The first-order valence-corrected chi connectivity index (χ1v) is 5.17. The molecule has 0 bridgehead atoms. The number of aromatic nitrogens is 2. The van der Waals surface area contributed by atoms with E-state index in [0.717, 1.165) is 24.7 Å². The number of nitrogens with one attached hydrogen (secondary N) is 1. The second kappa shape index (κ2) is 5.36. The largest absolute Gasteiger partial charge is 0.396 e. The first-order valence-electron chi connectivity index (χ1n) is 4.06. The zero-order valence-electron chi connectivity index (χ0n) is 7.33. The van der Waals surface area contributed by atoms with Crippen molar-refractivity contribution in [3.8, 4) is 0 Å². The molecule has 6 heteroatoms. The van der Waals surface area contributed by atoms with Gasteiger partial charge in [-0.25, -0.2) is 0 Å². The average Bonchev–Trinajstić information content (AvgIpc) is 2.48. The molecule has 1 aromatic heterocycles. The molecule has 0 aromatic carbocycles. The monoisotopic (exact) mass is 221 g/mol. The van der Waals surface area contributed by atoms with Gasteiger partial charge in [0.1, 0.15) is 0 Å². The molecule has 2 N–H and O–H groups in total. The number of hydrogen-bond acceptors (Lipinski definition) is 5. The minimum Gasteiger partial charge on any atom is -0.396 e. The van der Waals surface area contributed by atoms with Crippen LogP contribution in [0.1, 0.15) is 13.3 Å². The highest BCUT2D eigenvalue weighted by Crippen LogP contribution is 2.18. The van der Waals surface area contributed by atoms with Crippen molar-refractivity contribution in [2.75, 3.05) is 18.5 Å². The summed E-state index contributed by atoms with van der Waals surface area (Å²) in [5, 5.41) is 12.2. The Morgan fingerprint density at radius 3 is 2.92 bits per heavy atom. The third-order valence-corrected chi connectivity index (χ3v) is 2.58. The quantitative estimate of drug-likeness (QED) is 0.794. The van der Waals surface area contributed by atoms with Crippen molar-refractivity contribution in [1.82, 2.24) is 8.75 Å². The molecule has 1 unspecified atom stereocenters. The lowest BCUT2D eigenvalue weighted by molar-refractivity contribution is 0.266. The summed E-state index contributed by atoms with van der Waals surface area (Å²) in [7, 11) is 0. The summed E-state index contributed by atoms with van der Waals surface area (Å²) >= 11 is 6.81. The van der Waals surface area contributed by atoms with Gasteiger partial charge in [0.15, 0.2) is 11.0 Å². The van der Waals surface area contributed by atoms with E-state index in [-0.39, 0.29) is 6.61 Å². The highest BCUT2D eigenvalue weighted by Gasteiger charge is 2.06. The van der Waals surface area contributed by atoms with Gasteiger partial charge in [0.05, 0.1) is 11.7 Å². The van der Waals surface area contributed by atoms with Gasteiger partial charge >= 0.3 is 0 Å². The Balaban J connectivity index is 2.30. The van der Waals surface area contributed by atoms with Gasteiger partial charge < -0.3 is 10.4 Å². The van der Waals surface area contributed by atoms with Crippen LogP contribution in [0, 0.1) is 5.92 Å². The molecule has 0 spiro atoms. The van der Waals surface area contributed by atoms with Crippen LogP contribution in [0.5, 0.6) is 0 Å². The molecule has 0 aliphatic rings. The first-order chi connectivity index (χ1) is 6.24. The number of halogens is 1. The van der Waals surface area contributed by atoms with Crippen LogP contribution in [-0.2, 0) is 0 Å². The van der Waals surface area contributed by atoms with Crippen molar-refractivity contribution < 1.29 is 5.11 Å². The van der Waals surface area contributed by atoms with Crippen LogP contribution in [0.15, 0.2) is 0 Å². The number of aliphatic hydroxyl groups is 1. The Morgan fingerprint density at radius 1 is 1.62 bits per heavy atom. The van der Waals surface area contributed by atoms with E-state index in [2.05, 4.69) is 21.0 Å². The maximum atomic E-state index is 8.67. The molecule has 0 fully saturated rings. The standard InChI is InChI=1S/C7H12ClN3OS/c1-5(2-3-12)4-9-7-6(8)10-13-11-7/h5,12H,2-4H2,1H3,(H,9,11). The zero-order chi connectivity index (χ0) is 9.68. The summed E-state index contributed by atoms with van der Waals surface area (Å²) in [6.07, 6.45) is 0.780. The third-order valence-electron chi connectivity index (χ3n) is 1.69. The molecule has 1 atom stereocenters. The van der Waals surface area contributed by atoms with Gasteiger partial charge in [0, 0.05) is 13.2 Å². The van der Waals surface area contributed by atoms with Gasteiger partial charge in [0.25, 0.3) is 0 Å². The molecule has 0 aliphatic heterocycles. The molecular weight excluding hydrogens is 210 g/mol. The molecule has 0 saturated heterocycles. The second-order valence-electron chi connectivity index (χ2n) is 2.90. The third kappa shape index (κ3) is 3.46. The fraction of sp³-hybridized carbons (Fsp3) is 0.714. The van der Waals surface area contributed by atoms with E-state index in [4.69, 9.17) is 16.7 Å². The predicted octanol–water partition coefficient (Wildman–Crippen LogP) is 1.62. The molecule has 1 aromatic rings. The Kier molecular flexibility index (Phi) is 4.41. The van der Waals surface area contributed by atoms with Crippen LogP contribution in [0.2, 0.25) is 5.15 Å². The van der Waals surface area contributed by atoms with E-state index in [9.17, 15) is 0 Å².